The van der Waals surface area contributed by atoms with Crippen LogP contribution >= 0.6 is 31.9 Å². The molecular formula is C7H5Br2NO2. The van der Waals surface area contributed by atoms with Crippen LogP contribution in [0.2, 0.25) is 0 Å². The normalized spacial score (nSPS) is 9.83. The smallest absolute Gasteiger partial charge is 0.338 e. The van der Waals surface area contributed by atoms with Gasteiger partial charge in [-0.1, -0.05) is 15.9 Å². The monoisotopic (exact) mass is 293 g/mol. The number of carboxylic acids is 1. The van der Waals surface area contributed by atoms with Crippen LogP contribution in [0, 0.1) is 0 Å². The molecule has 5 heteroatoms. The molecule has 0 aliphatic carbocycles. The summed E-state index contributed by atoms with van der Waals surface area (Å²) in [5, 5.41) is 9.23. The first kappa shape index (κ1) is 9.67. The molecule has 0 aliphatic heterocycles. The Morgan fingerprint density at radius 1 is 1.67 bits per heavy atom. The Morgan fingerprint density at radius 2 is 2.33 bits per heavy atom. The lowest BCUT2D eigenvalue weighted by atomic mass is 10.2. The molecule has 1 rings (SSSR count). The zero-order chi connectivity index (χ0) is 9.14. The van der Waals surface area contributed by atoms with Gasteiger partial charge in [0, 0.05) is 16.0 Å². The van der Waals surface area contributed by atoms with Crippen molar-refractivity contribution in [1.82, 2.24) is 4.98 Å². The summed E-state index contributed by atoms with van der Waals surface area (Å²) in [6, 6.07) is 1.61. The van der Waals surface area contributed by atoms with Crippen LogP contribution in [0.1, 0.15) is 16.1 Å². The van der Waals surface area contributed by atoms with Crippen LogP contribution < -0.4 is 0 Å². The molecule has 1 aromatic rings. The largest absolute Gasteiger partial charge is 0.478 e. The molecular weight excluding hydrogens is 290 g/mol. The lowest BCUT2D eigenvalue weighted by Gasteiger charge is -2.02. The van der Waals surface area contributed by atoms with Crippen LogP contribution in [-0.2, 0) is 5.33 Å². The number of hydrogen-bond donors (Lipinski definition) is 1. The average molecular weight is 295 g/mol. The van der Waals surface area contributed by atoms with Crippen molar-refractivity contribution in [2.75, 3.05) is 0 Å². The minimum Gasteiger partial charge on any atom is -0.478 e. The van der Waals surface area contributed by atoms with E-state index in [4.69, 9.17) is 5.11 Å². The van der Waals surface area contributed by atoms with Gasteiger partial charge in [0.05, 0.1) is 11.3 Å². The fraction of sp³-hybridized carbons (Fsp3) is 0.143. The third-order valence-corrected chi connectivity index (χ3v) is 2.51. The van der Waals surface area contributed by atoms with Gasteiger partial charge < -0.3 is 5.11 Å². The lowest BCUT2D eigenvalue weighted by molar-refractivity contribution is 0.0694. The number of hydrogen-bond acceptors (Lipinski definition) is 2. The summed E-state index contributed by atoms with van der Waals surface area (Å²) in [5.41, 5.74) is 0.742. The number of nitrogens with zero attached hydrogens (tertiary/aromatic N) is 1. The molecule has 1 heterocycles. The number of carboxylic acid groups (broad SMARTS) is 1. The number of carbonyl (C=O) groups is 1. The van der Waals surface area contributed by atoms with Gasteiger partial charge >= 0.3 is 5.97 Å². The summed E-state index contributed by atoms with van der Waals surface area (Å²) in [6.45, 7) is 0. The predicted molar refractivity (Wildman–Crippen MR) is 51.5 cm³/mol. The fourth-order valence-corrected chi connectivity index (χ4v) is 1.75. The van der Waals surface area contributed by atoms with Gasteiger partial charge in [-0.05, 0) is 22.0 Å². The predicted octanol–water partition coefficient (Wildman–Crippen LogP) is 2.44. The van der Waals surface area contributed by atoms with Gasteiger partial charge in [0.15, 0.2) is 0 Å². The van der Waals surface area contributed by atoms with Crippen molar-refractivity contribution < 1.29 is 9.90 Å². The van der Waals surface area contributed by atoms with E-state index in [9.17, 15) is 4.79 Å². The summed E-state index contributed by atoms with van der Waals surface area (Å²) in [5.74, 6) is -0.968. The zero-order valence-corrected chi connectivity index (χ0v) is 9.09. The Kier molecular flexibility index (Phi) is 3.22. The second-order valence-corrected chi connectivity index (χ2v) is 3.47. The van der Waals surface area contributed by atoms with E-state index in [1.807, 2.05) is 0 Å². The summed E-state index contributed by atoms with van der Waals surface area (Å²) < 4.78 is 0.555. The van der Waals surface area contributed by atoms with E-state index in [1.165, 1.54) is 0 Å². The molecule has 0 aromatic carbocycles. The van der Waals surface area contributed by atoms with Crippen molar-refractivity contribution in [3.63, 3.8) is 0 Å². The van der Waals surface area contributed by atoms with Crippen LogP contribution in [0.5, 0.6) is 0 Å². The highest BCUT2D eigenvalue weighted by molar-refractivity contribution is 9.10. The Labute approximate surface area is 86.1 Å². The van der Waals surface area contributed by atoms with E-state index < -0.39 is 5.97 Å². The molecule has 1 aromatic heterocycles. The van der Waals surface area contributed by atoms with Gasteiger partial charge in [-0.15, -0.1) is 0 Å². The highest BCUT2D eigenvalue weighted by Gasteiger charge is 2.13. The van der Waals surface area contributed by atoms with Crippen LogP contribution in [0.4, 0.5) is 0 Å². The SMILES string of the molecule is O=C(O)c1c(Br)ccnc1CBr. The number of aromatic carboxylic acids is 1. The Balaban J connectivity index is 3.29. The maximum absolute atomic E-state index is 10.7. The quantitative estimate of drug-likeness (QED) is 0.853. The van der Waals surface area contributed by atoms with Crippen molar-refractivity contribution in [2.45, 2.75) is 5.33 Å². The first-order valence-electron chi connectivity index (χ1n) is 3.09. The van der Waals surface area contributed by atoms with Gasteiger partial charge in [0.1, 0.15) is 0 Å². The van der Waals surface area contributed by atoms with Crippen LogP contribution in [0.3, 0.4) is 0 Å². The molecule has 1 N–H and O–H groups in total. The molecule has 0 amide bonds. The number of pyridine rings is 1. The first-order chi connectivity index (χ1) is 5.66. The maximum atomic E-state index is 10.7. The molecule has 0 bridgehead atoms. The van der Waals surface area contributed by atoms with E-state index in [0.717, 1.165) is 0 Å². The fourth-order valence-electron chi connectivity index (χ4n) is 0.805. The molecule has 3 nitrogen and oxygen atoms in total. The summed E-state index contributed by atoms with van der Waals surface area (Å²) in [4.78, 5) is 14.6. The molecule has 0 atom stereocenters. The Bertz CT molecular complexity index is 314. The minimum absolute atomic E-state index is 0.217. The van der Waals surface area contributed by atoms with Gasteiger partial charge in [0.2, 0.25) is 0 Å². The average Bonchev–Trinajstić information content (AvgIpc) is 2.03. The van der Waals surface area contributed by atoms with Crippen molar-refractivity contribution in [3.05, 3.63) is 28.0 Å². The number of alkyl halides is 1. The molecule has 0 radical (unpaired) electrons. The number of halogens is 2. The lowest BCUT2D eigenvalue weighted by Crippen LogP contribution is -2.04. The summed E-state index contributed by atoms with van der Waals surface area (Å²) in [6.07, 6.45) is 1.56. The number of aromatic nitrogens is 1. The molecule has 0 spiro atoms. The third-order valence-electron chi connectivity index (χ3n) is 1.32. The topological polar surface area (TPSA) is 50.2 Å². The van der Waals surface area contributed by atoms with Crippen LogP contribution in [-0.4, -0.2) is 16.1 Å². The minimum atomic E-state index is -0.968. The molecule has 0 aliphatic rings. The van der Waals surface area contributed by atoms with Gasteiger partial charge in [-0.25, -0.2) is 4.79 Å². The van der Waals surface area contributed by atoms with Crippen LogP contribution in [0.15, 0.2) is 16.7 Å². The van der Waals surface area contributed by atoms with Gasteiger partial charge in [-0.2, -0.15) is 0 Å². The number of rotatable bonds is 2. The molecule has 64 valence electrons. The summed E-state index contributed by atoms with van der Waals surface area (Å²) in [7, 11) is 0. The molecule has 0 saturated heterocycles. The highest BCUT2D eigenvalue weighted by Crippen LogP contribution is 2.20. The molecule has 0 fully saturated rings. The van der Waals surface area contributed by atoms with E-state index in [1.54, 1.807) is 12.3 Å². The van der Waals surface area contributed by atoms with Crippen LogP contribution in [0.25, 0.3) is 0 Å². The van der Waals surface area contributed by atoms with Crippen molar-refractivity contribution in [1.29, 1.82) is 0 Å². The standard InChI is InChI=1S/C7H5Br2NO2/c8-3-5-6(7(11)12)4(9)1-2-10-5/h1-2H,3H2,(H,11,12). The highest BCUT2D eigenvalue weighted by atomic mass is 79.9. The first-order valence-corrected chi connectivity index (χ1v) is 5.01. The molecule has 0 unspecified atom stereocenters. The third kappa shape index (κ3) is 1.84. The molecule has 12 heavy (non-hydrogen) atoms. The van der Waals surface area contributed by atoms with Crippen molar-refractivity contribution >= 4 is 37.8 Å². The van der Waals surface area contributed by atoms with Gasteiger partial charge in [0.25, 0.3) is 0 Å². The van der Waals surface area contributed by atoms with E-state index in [2.05, 4.69) is 36.8 Å². The summed E-state index contributed by atoms with van der Waals surface area (Å²) >= 11 is 6.31. The van der Waals surface area contributed by atoms with E-state index >= 15 is 0 Å². The second-order valence-electron chi connectivity index (χ2n) is 2.05. The zero-order valence-electron chi connectivity index (χ0n) is 5.92. The van der Waals surface area contributed by atoms with Crippen molar-refractivity contribution in [2.24, 2.45) is 0 Å². The second kappa shape index (κ2) is 4.00. The Morgan fingerprint density at radius 3 is 2.75 bits per heavy atom. The van der Waals surface area contributed by atoms with E-state index in [-0.39, 0.29) is 5.56 Å². The molecule has 0 saturated carbocycles. The van der Waals surface area contributed by atoms with Crippen molar-refractivity contribution in [3.8, 4) is 0 Å². The Hall–Kier alpha value is -0.420. The van der Waals surface area contributed by atoms with Gasteiger partial charge in [-0.3, -0.25) is 4.98 Å². The van der Waals surface area contributed by atoms with E-state index in [0.29, 0.717) is 15.5 Å². The maximum Gasteiger partial charge on any atom is 0.338 e.